The predicted molar refractivity (Wildman–Crippen MR) is 81.9 cm³/mol. The van der Waals surface area contributed by atoms with Crippen LogP contribution in [0.3, 0.4) is 0 Å². The molecule has 0 aliphatic heterocycles. The minimum absolute atomic E-state index is 0.0923. The number of rotatable bonds is 3. The smallest absolute Gasteiger partial charge is 0.306 e. The van der Waals surface area contributed by atoms with Crippen LogP contribution >= 0.6 is 0 Å². The lowest BCUT2D eigenvalue weighted by Gasteiger charge is -2.10. The van der Waals surface area contributed by atoms with Gasteiger partial charge in [-0.05, 0) is 62.4 Å². The molecule has 1 fully saturated rings. The fraction of sp³-hybridized carbons (Fsp3) is 0.412. The Balaban J connectivity index is 1.74. The van der Waals surface area contributed by atoms with E-state index in [2.05, 4.69) is 5.32 Å². The number of carbonyl (C=O) groups excluding carboxylic acids is 1. The van der Waals surface area contributed by atoms with Gasteiger partial charge in [0.25, 0.3) is 5.91 Å². The summed E-state index contributed by atoms with van der Waals surface area (Å²) >= 11 is 0. The molecule has 0 unspecified atom stereocenters. The fourth-order valence-corrected chi connectivity index (χ4v) is 3.01. The summed E-state index contributed by atoms with van der Waals surface area (Å²) < 4.78 is 5.62. The van der Waals surface area contributed by atoms with Crippen LogP contribution in [0.25, 0.3) is 11.0 Å². The van der Waals surface area contributed by atoms with Crippen molar-refractivity contribution in [3.05, 3.63) is 35.1 Å². The topological polar surface area (TPSA) is 79.5 Å². The summed E-state index contributed by atoms with van der Waals surface area (Å²) in [6.45, 7) is 4.02. The van der Waals surface area contributed by atoms with Gasteiger partial charge in [-0.1, -0.05) is 0 Å². The van der Waals surface area contributed by atoms with E-state index < -0.39 is 5.97 Å². The minimum atomic E-state index is -0.786. The van der Waals surface area contributed by atoms with Gasteiger partial charge in [-0.15, -0.1) is 0 Å². The maximum atomic E-state index is 12.3. The van der Waals surface area contributed by atoms with E-state index in [0.29, 0.717) is 24.8 Å². The number of hydrogen-bond acceptors (Lipinski definition) is 3. The van der Waals surface area contributed by atoms with Gasteiger partial charge in [0.1, 0.15) is 5.58 Å². The number of carboxylic acids is 1. The van der Waals surface area contributed by atoms with Crippen molar-refractivity contribution in [2.45, 2.75) is 39.2 Å². The first-order valence-electron chi connectivity index (χ1n) is 7.48. The Morgan fingerprint density at radius 3 is 2.59 bits per heavy atom. The lowest BCUT2D eigenvalue weighted by molar-refractivity contribution is -0.141. The van der Waals surface area contributed by atoms with E-state index in [1.165, 1.54) is 0 Å². The van der Waals surface area contributed by atoms with Gasteiger partial charge in [-0.2, -0.15) is 0 Å². The first kappa shape index (κ1) is 14.6. The van der Waals surface area contributed by atoms with E-state index in [1.54, 1.807) is 6.07 Å². The zero-order valence-electron chi connectivity index (χ0n) is 12.7. The number of aryl methyl sites for hydroxylation is 2. The average molecular weight is 301 g/mol. The summed E-state index contributed by atoms with van der Waals surface area (Å²) in [4.78, 5) is 23.2. The molecule has 0 spiro atoms. The van der Waals surface area contributed by atoms with Gasteiger partial charge in [0.2, 0.25) is 0 Å². The van der Waals surface area contributed by atoms with Crippen molar-refractivity contribution < 1.29 is 19.1 Å². The third kappa shape index (κ3) is 2.71. The minimum Gasteiger partial charge on any atom is -0.481 e. The second kappa shape index (κ2) is 5.48. The van der Waals surface area contributed by atoms with Crippen molar-refractivity contribution in [1.82, 2.24) is 5.32 Å². The standard InChI is InChI=1S/C17H19NO4/c1-9-5-12-8-15(22-14(12)6-10(9)2)16(19)18-13-4-3-11(7-13)17(20)21/h5-6,8,11,13H,3-4,7H2,1-2H3,(H,18,19)(H,20,21)/t11-,13+/m1/s1. The highest BCUT2D eigenvalue weighted by molar-refractivity contribution is 5.96. The van der Waals surface area contributed by atoms with Crippen molar-refractivity contribution in [3.63, 3.8) is 0 Å². The van der Waals surface area contributed by atoms with E-state index in [4.69, 9.17) is 9.52 Å². The molecule has 5 heteroatoms. The van der Waals surface area contributed by atoms with Crippen LogP contribution < -0.4 is 5.32 Å². The molecule has 2 aromatic rings. The molecular formula is C17H19NO4. The highest BCUT2D eigenvalue weighted by Gasteiger charge is 2.31. The molecule has 22 heavy (non-hydrogen) atoms. The zero-order valence-corrected chi connectivity index (χ0v) is 12.7. The molecule has 3 rings (SSSR count). The van der Waals surface area contributed by atoms with Gasteiger partial charge in [-0.3, -0.25) is 9.59 Å². The number of furan rings is 1. The van der Waals surface area contributed by atoms with Crippen molar-refractivity contribution in [1.29, 1.82) is 0 Å². The van der Waals surface area contributed by atoms with Crippen LogP contribution in [-0.2, 0) is 4.79 Å². The highest BCUT2D eigenvalue weighted by atomic mass is 16.4. The largest absolute Gasteiger partial charge is 0.481 e. The number of amides is 1. The van der Waals surface area contributed by atoms with Gasteiger partial charge in [0, 0.05) is 11.4 Å². The quantitative estimate of drug-likeness (QED) is 0.913. The second-order valence-electron chi connectivity index (χ2n) is 6.10. The van der Waals surface area contributed by atoms with Crippen molar-refractivity contribution in [2.24, 2.45) is 5.92 Å². The Hall–Kier alpha value is -2.30. The predicted octanol–water partition coefficient (Wildman–Crippen LogP) is 3.03. The lowest BCUT2D eigenvalue weighted by Crippen LogP contribution is -2.33. The van der Waals surface area contributed by atoms with Gasteiger partial charge in [-0.25, -0.2) is 0 Å². The molecule has 1 aromatic carbocycles. The Labute approximate surface area is 128 Å². The molecular weight excluding hydrogens is 282 g/mol. The molecule has 5 nitrogen and oxygen atoms in total. The molecule has 0 radical (unpaired) electrons. The van der Waals surface area contributed by atoms with Crippen LogP contribution in [0.2, 0.25) is 0 Å². The summed E-state index contributed by atoms with van der Waals surface area (Å²) in [6, 6.07) is 5.57. The molecule has 0 saturated heterocycles. The maximum absolute atomic E-state index is 12.3. The molecule has 2 N–H and O–H groups in total. The van der Waals surface area contributed by atoms with Crippen molar-refractivity contribution >= 4 is 22.8 Å². The summed E-state index contributed by atoms with van der Waals surface area (Å²) in [6.07, 6.45) is 1.79. The molecule has 1 amide bonds. The van der Waals surface area contributed by atoms with E-state index in [9.17, 15) is 9.59 Å². The van der Waals surface area contributed by atoms with Gasteiger partial charge in [0.15, 0.2) is 5.76 Å². The van der Waals surface area contributed by atoms with E-state index >= 15 is 0 Å². The summed E-state index contributed by atoms with van der Waals surface area (Å²) in [5.41, 5.74) is 2.97. The monoisotopic (exact) mass is 301 g/mol. The van der Waals surface area contributed by atoms with Gasteiger partial charge in [0.05, 0.1) is 5.92 Å². The number of benzene rings is 1. The van der Waals surface area contributed by atoms with Crippen LogP contribution in [0.4, 0.5) is 0 Å². The Bertz CT molecular complexity index is 707. The van der Waals surface area contributed by atoms with E-state index in [0.717, 1.165) is 16.5 Å². The van der Waals surface area contributed by atoms with Gasteiger partial charge >= 0.3 is 5.97 Å². The number of aliphatic carboxylic acids is 1. The van der Waals surface area contributed by atoms with Crippen molar-refractivity contribution in [2.75, 3.05) is 0 Å². The SMILES string of the molecule is Cc1cc2cc(C(=O)N[C@H]3CC[C@@H](C(=O)O)C3)oc2cc1C. The van der Waals surface area contributed by atoms with Crippen LogP contribution in [0.1, 0.15) is 40.9 Å². The molecule has 116 valence electrons. The highest BCUT2D eigenvalue weighted by Crippen LogP contribution is 2.27. The maximum Gasteiger partial charge on any atom is 0.306 e. The number of hydrogen-bond donors (Lipinski definition) is 2. The first-order chi connectivity index (χ1) is 10.4. The molecule has 1 saturated carbocycles. The molecule has 1 heterocycles. The van der Waals surface area contributed by atoms with Crippen molar-refractivity contribution in [3.8, 4) is 0 Å². The number of carboxylic acid groups (broad SMARTS) is 1. The van der Waals surface area contributed by atoms with Crippen LogP contribution in [0, 0.1) is 19.8 Å². The van der Waals surface area contributed by atoms with Crippen LogP contribution in [-0.4, -0.2) is 23.0 Å². The average Bonchev–Trinajstić information content (AvgIpc) is 3.06. The zero-order chi connectivity index (χ0) is 15.9. The number of fused-ring (bicyclic) bond motifs is 1. The van der Waals surface area contributed by atoms with Crippen LogP contribution in [0.5, 0.6) is 0 Å². The summed E-state index contributed by atoms with van der Waals surface area (Å²) in [7, 11) is 0. The normalized spacial score (nSPS) is 21.2. The Kier molecular flexibility index (Phi) is 3.64. The van der Waals surface area contributed by atoms with Crippen LogP contribution in [0.15, 0.2) is 22.6 Å². The lowest BCUT2D eigenvalue weighted by atomic mass is 10.1. The molecule has 1 aromatic heterocycles. The molecule has 1 aliphatic carbocycles. The first-order valence-corrected chi connectivity index (χ1v) is 7.48. The molecule has 2 atom stereocenters. The second-order valence-corrected chi connectivity index (χ2v) is 6.10. The van der Waals surface area contributed by atoms with E-state index in [1.807, 2.05) is 26.0 Å². The molecule has 0 bridgehead atoms. The molecule has 1 aliphatic rings. The number of carbonyl (C=O) groups is 2. The number of nitrogens with one attached hydrogen (secondary N) is 1. The Morgan fingerprint density at radius 2 is 1.91 bits per heavy atom. The third-order valence-corrected chi connectivity index (χ3v) is 4.47. The summed E-state index contributed by atoms with van der Waals surface area (Å²) in [5, 5.41) is 12.8. The fourth-order valence-electron chi connectivity index (χ4n) is 3.01. The third-order valence-electron chi connectivity index (χ3n) is 4.47. The van der Waals surface area contributed by atoms with Gasteiger partial charge < -0.3 is 14.8 Å². The Morgan fingerprint density at radius 1 is 1.18 bits per heavy atom. The van der Waals surface area contributed by atoms with E-state index in [-0.39, 0.29) is 23.6 Å². The summed E-state index contributed by atoms with van der Waals surface area (Å²) in [5.74, 6) is -1.14.